The van der Waals surface area contributed by atoms with Crippen LogP contribution in [0.15, 0.2) is 84.9 Å². The van der Waals surface area contributed by atoms with Crippen LogP contribution in [0.5, 0.6) is 11.5 Å². The second-order valence-electron chi connectivity index (χ2n) is 7.39. The maximum absolute atomic E-state index is 10.4. The summed E-state index contributed by atoms with van der Waals surface area (Å²) in [6.45, 7) is 12.8. The van der Waals surface area contributed by atoms with Crippen LogP contribution in [-0.2, 0) is 4.79 Å². The van der Waals surface area contributed by atoms with Crippen LogP contribution in [0.3, 0.4) is 0 Å². The maximum Gasteiger partial charge on any atom is 0.306 e. The molecule has 36 heavy (non-hydrogen) atoms. The van der Waals surface area contributed by atoms with Crippen molar-refractivity contribution in [1.82, 2.24) is 0 Å². The SMILES string of the molecule is CC.CC.CCC(C)C(=O)O.OC(c1ccccc1)c1ccc(OCCCOc2ccccc2)cc1. The van der Waals surface area contributed by atoms with E-state index in [2.05, 4.69) is 0 Å². The molecular formula is C31H44O5. The molecule has 0 aliphatic carbocycles. The molecule has 2 unspecified atom stereocenters. The van der Waals surface area contributed by atoms with Gasteiger partial charge in [-0.3, -0.25) is 4.79 Å². The predicted molar refractivity (Wildman–Crippen MR) is 149 cm³/mol. The van der Waals surface area contributed by atoms with Gasteiger partial charge in [0.15, 0.2) is 0 Å². The van der Waals surface area contributed by atoms with Crippen molar-refractivity contribution in [2.24, 2.45) is 5.92 Å². The van der Waals surface area contributed by atoms with E-state index in [-0.39, 0.29) is 5.92 Å². The fourth-order valence-corrected chi connectivity index (χ4v) is 2.70. The van der Waals surface area contributed by atoms with Gasteiger partial charge in [-0.25, -0.2) is 0 Å². The van der Waals surface area contributed by atoms with E-state index < -0.39 is 12.1 Å². The van der Waals surface area contributed by atoms with Crippen LogP contribution in [0.4, 0.5) is 0 Å². The first kappa shape index (κ1) is 32.7. The number of benzene rings is 3. The Morgan fingerprint density at radius 2 is 1.14 bits per heavy atom. The standard InChI is InChI=1S/C22H22O3.C5H10O2.2C2H6/c23-22(18-8-3-1-4-9-18)19-12-14-21(15-13-19)25-17-7-16-24-20-10-5-2-6-11-20;1-3-4(2)5(6)7;2*1-2/h1-6,8-15,22-23H,7,16-17H2;4H,3H2,1-2H3,(H,6,7);2*1-2H3. The third-order valence-corrected chi connectivity index (χ3v) is 4.91. The number of para-hydroxylation sites is 1. The van der Waals surface area contributed by atoms with Crippen molar-refractivity contribution in [2.75, 3.05) is 13.2 Å². The highest BCUT2D eigenvalue weighted by Gasteiger charge is 2.09. The molecule has 0 saturated heterocycles. The molecule has 0 aliphatic heterocycles. The molecule has 0 bridgehead atoms. The van der Waals surface area contributed by atoms with Crippen molar-refractivity contribution in [1.29, 1.82) is 0 Å². The number of carboxylic acids is 1. The fraction of sp³-hybridized carbons (Fsp3) is 0.387. The molecular weight excluding hydrogens is 452 g/mol. The van der Waals surface area contributed by atoms with Gasteiger partial charge in [-0.15, -0.1) is 0 Å². The van der Waals surface area contributed by atoms with Gasteiger partial charge in [-0.05, 0) is 41.8 Å². The number of carbonyl (C=O) groups is 1. The third kappa shape index (κ3) is 13.5. The van der Waals surface area contributed by atoms with Gasteiger partial charge in [-0.1, -0.05) is 102 Å². The summed E-state index contributed by atoms with van der Waals surface area (Å²) in [5.74, 6) is 0.785. The number of ether oxygens (including phenoxy) is 2. The Labute approximate surface area is 217 Å². The lowest BCUT2D eigenvalue weighted by atomic mass is 10.0. The van der Waals surface area contributed by atoms with E-state index in [4.69, 9.17) is 14.6 Å². The van der Waals surface area contributed by atoms with Gasteiger partial charge in [0.05, 0.1) is 19.1 Å². The Balaban J connectivity index is 0.000000952. The van der Waals surface area contributed by atoms with E-state index in [0.717, 1.165) is 35.5 Å². The second kappa shape index (κ2) is 21.0. The predicted octanol–water partition coefficient (Wildman–Crippen LogP) is 7.79. The van der Waals surface area contributed by atoms with E-state index in [0.29, 0.717) is 13.2 Å². The largest absolute Gasteiger partial charge is 0.493 e. The lowest BCUT2D eigenvalue weighted by Gasteiger charge is -2.12. The summed E-state index contributed by atoms with van der Waals surface area (Å²) in [6, 6.07) is 27.0. The van der Waals surface area contributed by atoms with Crippen LogP contribution in [0.2, 0.25) is 0 Å². The highest BCUT2D eigenvalue weighted by molar-refractivity contribution is 5.69. The maximum atomic E-state index is 10.4. The van der Waals surface area contributed by atoms with Gasteiger partial charge in [0.25, 0.3) is 0 Å². The molecule has 0 heterocycles. The molecule has 0 fully saturated rings. The second-order valence-corrected chi connectivity index (χ2v) is 7.39. The summed E-state index contributed by atoms with van der Waals surface area (Å²) in [7, 11) is 0. The van der Waals surface area contributed by atoms with Gasteiger partial charge < -0.3 is 19.7 Å². The van der Waals surface area contributed by atoms with E-state index in [9.17, 15) is 9.90 Å². The Morgan fingerprint density at radius 3 is 1.56 bits per heavy atom. The lowest BCUT2D eigenvalue weighted by Crippen LogP contribution is -2.06. The fourth-order valence-electron chi connectivity index (χ4n) is 2.70. The highest BCUT2D eigenvalue weighted by Crippen LogP contribution is 2.23. The van der Waals surface area contributed by atoms with Crippen LogP contribution < -0.4 is 9.47 Å². The first-order valence-electron chi connectivity index (χ1n) is 12.9. The van der Waals surface area contributed by atoms with E-state index in [1.165, 1.54) is 0 Å². The minimum atomic E-state index is -0.706. The van der Waals surface area contributed by atoms with Crippen molar-refractivity contribution >= 4 is 5.97 Å². The van der Waals surface area contributed by atoms with Crippen LogP contribution in [-0.4, -0.2) is 29.4 Å². The first-order valence-corrected chi connectivity index (χ1v) is 12.9. The lowest BCUT2D eigenvalue weighted by molar-refractivity contribution is -0.141. The molecule has 5 heteroatoms. The number of aliphatic hydroxyl groups excluding tert-OH is 1. The molecule has 0 aliphatic rings. The summed E-state index contributed by atoms with van der Waals surface area (Å²) < 4.78 is 11.4. The zero-order valence-corrected chi connectivity index (χ0v) is 22.7. The smallest absolute Gasteiger partial charge is 0.306 e. The Morgan fingerprint density at radius 1 is 0.722 bits per heavy atom. The van der Waals surface area contributed by atoms with E-state index in [1.54, 1.807) is 6.92 Å². The quantitative estimate of drug-likeness (QED) is 0.280. The summed E-state index contributed by atoms with van der Waals surface area (Å²) >= 11 is 0. The van der Waals surface area contributed by atoms with Gasteiger partial charge in [0.1, 0.15) is 17.6 Å². The molecule has 0 aromatic heterocycles. The normalized spacial score (nSPS) is 11.1. The van der Waals surface area contributed by atoms with Crippen LogP contribution >= 0.6 is 0 Å². The minimum Gasteiger partial charge on any atom is -0.493 e. The van der Waals surface area contributed by atoms with Crippen LogP contribution in [0.1, 0.15) is 71.6 Å². The topological polar surface area (TPSA) is 76.0 Å². The molecule has 0 radical (unpaired) electrons. The molecule has 3 aromatic carbocycles. The molecule has 0 saturated carbocycles. The Hall–Kier alpha value is -3.31. The number of hydrogen-bond acceptors (Lipinski definition) is 4. The minimum absolute atomic E-state index is 0.181. The Bertz CT molecular complexity index is 895. The number of aliphatic hydroxyl groups is 1. The molecule has 3 aromatic rings. The summed E-state index contributed by atoms with van der Waals surface area (Å²) in [5.41, 5.74) is 1.74. The number of rotatable bonds is 10. The van der Waals surface area contributed by atoms with Crippen molar-refractivity contribution in [3.05, 3.63) is 96.1 Å². The number of hydrogen-bond donors (Lipinski definition) is 2. The highest BCUT2D eigenvalue weighted by atomic mass is 16.5. The molecule has 2 N–H and O–H groups in total. The zero-order valence-electron chi connectivity index (χ0n) is 22.7. The van der Waals surface area contributed by atoms with Crippen molar-refractivity contribution in [3.8, 4) is 11.5 Å². The van der Waals surface area contributed by atoms with Gasteiger partial charge in [-0.2, -0.15) is 0 Å². The summed E-state index contributed by atoms with van der Waals surface area (Å²) in [5, 5.41) is 18.6. The van der Waals surface area contributed by atoms with Crippen LogP contribution in [0, 0.1) is 5.92 Å². The number of carboxylic acid groups (broad SMARTS) is 1. The molecule has 3 rings (SSSR count). The molecule has 2 atom stereocenters. The third-order valence-electron chi connectivity index (χ3n) is 4.91. The van der Waals surface area contributed by atoms with Gasteiger partial charge >= 0.3 is 5.97 Å². The zero-order chi connectivity index (χ0) is 27.2. The molecule has 5 nitrogen and oxygen atoms in total. The molecule has 0 amide bonds. The monoisotopic (exact) mass is 496 g/mol. The number of aliphatic carboxylic acids is 1. The van der Waals surface area contributed by atoms with E-state index >= 15 is 0 Å². The van der Waals surface area contributed by atoms with Gasteiger partial charge in [0.2, 0.25) is 0 Å². The van der Waals surface area contributed by atoms with Gasteiger partial charge in [0, 0.05) is 6.42 Å². The van der Waals surface area contributed by atoms with E-state index in [1.807, 2.05) is 120 Å². The average molecular weight is 497 g/mol. The summed E-state index contributed by atoms with van der Waals surface area (Å²) in [6.07, 6.45) is 0.910. The average Bonchev–Trinajstić information content (AvgIpc) is 2.96. The molecule has 0 spiro atoms. The van der Waals surface area contributed by atoms with Crippen molar-refractivity contribution in [2.45, 2.75) is 60.5 Å². The van der Waals surface area contributed by atoms with Crippen molar-refractivity contribution in [3.63, 3.8) is 0 Å². The van der Waals surface area contributed by atoms with Crippen LogP contribution in [0.25, 0.3) is 0 Å². The Kier molecular flexibility index (Phi) is 19.1. The van der Waals surface area contributed by atoms with Crippen molar-refractivity contribution < 1.29 is 24.5 Å². The molecule has 198 valence electrons. The summed E-state index contributed by atoms with van der Waals surface area (Å²) in [4.78, 5) is 9.93. The first-order chi connectivity index (χ1) is 17.5.